The number of piperazine rings is 1. The average Bonchev–Trinajstić information content (AvgIpc) is 2.46. The summed E-state index contributed by atoms with van der Waals surface area (Å²) in [4.78, 5) is 16.6. The Morgan fingerprint density at radius 1 is 1.35 bits per heavy atom. The van der Waals surface area contributed by atoms with E-state index in [0.717, 1.165) is 32.7 Å². The van der Waals surface area contributed by atoms with E-state index in [1.54, 1.807) is 19.1 Å². The van der Waals surface area contributed by atoms with Crippen LogP contribution in [0, 0.1) is 0 Å². The second-order valence-electron chi connectivity index (χ2n) is 5.09. The number of carbonyl (C=O) groups excluding carboxylic acids is 1. The summed E-state index contributed by atoms with van der Waals surface area (Å²) in [5, 5.41) is 0. The van der Waals surface area contributed by atoms with Crippen molar-refractivity contribution in [1.82, 2.24) is 9.80 Å². The summed E-state index contributed by atoms with van der Waals surface area (Å²) in [6.07, 6.45) is -0.482. The maximum Gasteiger partial charge on any atom is 0.263 e. The summed E-state index contributed by atoms with van der Waals surface area (Å²) in [6.45, 7) is 8.40. The maximum absolute atomic E-state index is 12.3. The Hall–Kier alpha value is -1.75. The molecule has 20 heavy (non-hydrogen) atoms. The van der Waals surface area contributed by atoms with E-state index in [2.05, 4.69) is 11.8 Å². The van der Waals surface area contributed by atoms with E-state index in [-0.39, 0.29) is 5.91 Å². The zero-order valence-corrected chi connectivity index (χ0v) is 12.2. The molecule has 0 aromatic heterocycles. The zero-order chi connectivity index (χ0) is 14.5. The molecule has 0 radical (unpaired) electrons. The van der Waals surface area contributed by atoms with Gasteiger partial charge in [-0.3, -0.25) is 4.79 Å². The third-order valence-electron chi connectivity index (χ3n) is 3.65. The van der Waals surface area contributed by atoms with Gasteiger partial charge in [0.05, 0.1) is 0 Å². The first-order chi connectivity index (χ1) is 9.60. The molecule has 1 amide bonds. The van der Waals surface area contributed by atoms with E-state index in [0.29, 0.717) is 11.4 Å². The number of nitrogens with zero attached hydrogens (tertiary/aromatic N) is 2. The third-order valence-corrected chi connectivity index (χ3v) is 3.65. The lowest BCUT2D eigenvalue weighted by Crippen LogP contribution is -2.51. The molecule has 1 heterocycles. The van der Waals surface area contributed by atoms with Crippen LogP contribution in [-0.4, -0.2) is 54.5 Å². The Morgan fingerprint density at radius 3 is 2.65 bits per heavy atom. The van der Waals surface area contributed by atoms with Gasteiger partial charge in [0, 0.05) is 37.9 Å². The van der Waals surface area contributed by atoms with Crippen LogP contribution in [0.2, 0.25) is 0 Å². The normalized spacial score (nSPS) is 17.8. The molecular formula is C15H23N3O2. The lowest BCUT2D eigenvalue weighted by Gasteiger charge is -2.35. The first-order valence-corrected chi connectivity index (χ1v) is 7.13. The number of carbonyl (C=O) groups is 1. The Balaban J connectivity index is 1.89. The van der Waals surface area contributed by atoms with Crippen LogP contribution in [0.5, 0.6) is 5.75 Å². The summed E-state index contributed by atoms with van der Waals surface area (Å²) in [5.74, 6) is 0.682. The number of nitrogens with two attached hydrogens (primary N) is 1. The summed E-state index contributed by atoms with van der Waals surface area (Å²) in [6, 6.07) is 7.17. The van der Waals surface area contributed by atoms with Gasteiger partial charge < -0.3 is 20.3 Å². The van der Waals surface area contributed by atoms with Crippen molar-refractivity contribution in [2.24, 2.45) is 0 Å². The molecule has 1 fully saturated rings. The van der Waals surface area contributed by atoms with Gasteiger partial charge in [-0.05, 0) is 25.6 Å². The van der Waals surface area contributed by atoms with E-state index < -0.39 is 6.10 Å². The van der Waals surface area contributed by atoms with Gasteiger partial charge in [0.1, 0.15) is 5.75 Å². The molecule has 0 unspecified atom stereocenters. The van der Waals surface area contributed by atoms with Crippen LogP contribution in [0.25, 0.3) is 0 Å². The first kappa shape index (κ1) is 14.7. The van der Waals surface area contributed by atoms with Gasteiger partial charge in [-0.1, -0.05) is 13.0 Å². The van der Waals surface area contributed by atoms with Gasteiger partial charge in [-0.2, -0.15) is 0 Å². The number of likely N-dealkylation sites (N-methyl/N-ethyl adjacent to an activating group) is 1. The predicted molar refractivity (Wildman–Crippen MR) is 79.6 cm³/mol. The molecule has 5 nitrogen and oxygen atoms in total. The largest absolute Gasteiger partial charge is 0.481 e. The van der Waals surface area contributed by atoms with Gasteiger partial charge in [0.2, 0.25) is 0 Å². The highest BCUT2D eigenvalue weighted by Gasteiger charge is 2.25. The minimum atomic E-state index is -0.482. The molecule has 0 spiro atoms. The van der Waals surface area contributed by atoms with Crippen LogP contribution in [0.3, 0.4) is 0 Å². The van der Waals surface area contributed by atoms with Crippen LogP contribution < -0.4 is 10.5 Å². The monoisotopic (exact) mass is 277 g/mol. The van der Waals surface area contributed by atoms with Crippen LogP contribution in [0.15, 0.2) is 24.3 Å². The number of anilines is 1. The lowest BCUT2D eigenvalue weighted by molar-refractivity contribution is -0.139. The third kappa shape index (κ3) is 3.63. The van der Waals surface area contributed by atoms with E-state index in [1.165, 1.54) is 0 Å². The second-order valence-corrected chi connectivity index (χ2v) is 5.09. The van der Waals surface area contributed by atoms with Crippen LogP contribution >= 0.6 is 0 Å². The Kier molecular flexibility index (Phi) is 4.84. The maximum atomic E-state index is 12.3. The highest BCUT2D eigenvalue weighted by molar-refractivity contribution is 5.81. The molecule has 1 aliphatic heterocycles. The molecule has 1 saturated heterocycles. The first-order valence-electron chi connectivity index (χ1n) is 7.13. The van der Waals surface area contributed by atoms with Crippen molar-refractivity contribution in [3.05, 3.63) is 24.3 Å². The minimum absolute atomic E-state index is 0.0446. The van der Waals surface area contributed by atoms with Crippen LogP contribution in [0.4, 0.5) is 5.69 Å². The van der Waals surface area contributed by atoms with Gasteiger partial charge in [0.15, 0.2) is 6.10 Å². The van der Waals surface area contributed by atoms with Crippen molar-refractivity contribution in [1.29, 1.82) is 0 Å². The number of ether oxygens (including phenoxy) is 1. The smallest absolute Gasteiger partial charge is 0.263 e. The van der Waals surface area contributed by atoms with E-state index in [1.807, 2.05) is 17.0 Å². The van der Waals surface area contributed by atoms with Crippen molar-refractivity contribution >= 4 is 11.6 Å². The van der Waals surface area contributed by atoms with Gasteiger partial charge >= 0.3 is 0 Å². The topological polar surface area (TPSA) is 58.8 Å². The summed E-state index contributed by atoms with van der Waals surface area (Å²) >= 11 is 0. The molecular weight excluding hydrogens is 254 g/mol. The average molecular weight is 277 g/mol. The predicted octanol–water partition coefficient (Wildman–Crippen LogP) is 1.20. The fourth-order valence-electron chi connectivity index (χ4n) is 2.38. The highest BCUT2D eigenvalue weighted by atomic mass is 16.5. The van der Waals surface area contributed by atoms with Crippen LogP contribution in [0.1, 0.15) is 13.8 Å². The summed E-state index contributed by atoms with van der Waals surface area (Å²) < 4.78 is 5.68. The number of hydrogen-bond acceptors (Lipinski definition) is 4. The van der Waals surface area contributed by atoms with Gasteiger partial charge in [0.25, 0.3) is 5.91 Å². The molecule has 1 aromatic carbocycles. The van der Waals surface area contributed by atoms with Crippen molar-refractivity contribution in [2.75, 3.05) is 38.5 Å². The van der Waals surface area contributed by atoms with E-state index >= 15 is 0 Å². The van der Waals surface area contributed by atoms with Crippen molar-refractivity contribution < 1.29 is 9.53 Å². The number of benzene rings is 1. The molecule has 1 aliphatic rings. The van der Waals surface area contributed by atoms with Crippen molar-refractivity contribution in [2.45, 2.75) is 20.0 Å². The molecule has 110 valence electrons. The number of nitrogen functional groups attached to an aromatic ring is 1. The van der Waals surface area contributed by atoms with Crippen LogP contribution in [-0.2, 0) is 4.79 Å². The minimum Gasteiger partial charge on any atom is -0.481 e. The fourth-order valence-corrected chi connectivity index (χ4v) is 2.38. The summed E-state index contributed by atoms with van der Waals surface area (Å²) in [5.41, 5.74) is 6.34. The fraction of sp³-hybridized carbons (Fsp3) is 0.533. The number of rotatable bonds is 4. The highest BCUT2D eigenvalue weighted by Crippen LogP contribution is 2.17. The van der Waals surface area contributed by atoms with Gasteiger partial charge in [-0.15, -0.1) is 0 Å². The van der Waals surface area contributed by atoms with E-state index in [9.17, 15) is 4.79 Å². The molecule has 1 atom stereocenters. The lowest BCUT2D eigenvalue weighted by atomic mass is 10.2. The molecule has 2 rings (SSSR count). The van der Waals surface area contributed by atoms with Gasteiger partial charge in [-0.25, -0.2) is 0 Å². The Morgan fingerprint density at radius 2 is 2.05 bits per heavy atom. The molecule has 0 bridgehead atoms. The van der Waals surface area contributed by atoms with E-state index in [4.69, 9.17) is 10.5 Å². The zero-order valence-electron chi connectivity index (χ0n) is 12.2. The Labute approximate surface area is 120 Å². The molecule has 0 aliphatic carbocycles. The van der Waals surface area contributed by atoms with Crippen molar-refractivity contribution in [3.63, 3.8) is 0 Å². The number of hydrogen-bond donors (Lipinski definition) is 1. The number of amides is 1. The van der Waals surface area contributed by atoms with Crippen molar-refractivity contribution in [3.8, 4) is 5.75 Å². The second kappa shape index (κ2) is 6.61. The molecule has 5 heteroatoms. The summed E-state index contributed by atoms with van der Waals surface area (Å²) in [7, 11) is 0. The SMILES string of the molecule is CCN1CCN(C(=O)[C@@H](C)Oc2cccc(N)c2)CC1. The standard InChI is InChI=1S/C15H23N3O2/c1-3-17-7-9-18(10-8-17)15(19)12(2)20-14-6-4-5-13(16)11-14/h4-6,11-12H,3,7-10,16H2,1-2H3/t12-/m1/s1. The molecule has 2 N–H and O–H groups in total. The molecule has 0 saturated carbocycles. The molecule has 1 aromatic rings. The Bertz CT molecular complexity index is 456. The quantitative estimate of drug-likeness (QED) is 0.840.